The smallest absolute Gasteiger partial charge is 0.356 e. The van der Waals surface area contributed by atoms with E-state index in [-0.39, 0.29) is 6.42 Å². The van der Waals surface area contributed by atoms with Crippen molar-refractivity contribution < 1.29 is 19.5 Å². The van der Waals surface area contributed by atoms with Crippen molar-refractivity contribution in [2.75, 3.05) is 7.11 Å². The maximum absolute atomic E-state index is 12.4. The molecule has 5 nitrogen and oxygen atoms in total. The van der Waals surface area contributed by atoms with Crippen LogP contribution in [0.3, 0.4) is 0 Å². The van der Waals surface area contributed by atoms with E-state index in [2.05, 4.69) is 5.16 Å². The third kappa shape index (κ3) is 2.78. The first kappa shape index (κ1) is 16.2. The van der Waals surface area contributed by atoms with E-state index in [1.165, 1.54) is 7.11 Å². The molecule has 0 fully saturated rings. The molecule has 0 bridgehead atoms. The van der Waals surface area contributed by atoms with Crippen molar-refractivity contribution in [3.05, 3.63) is 71.3 Å². The number of hydrogen-bond donors (Lipinski definition) is 1. The molecule has 2 aromatic rings. The van der Waals surface area contributed by atoms with Gasteiger partial charge in [-0.3, -0.25) is 0 Å². The molecule has 1 aliphatic heterocycles. The lowest BCUT2D eigenvalue weighted by Crippen LogP contribution is -2.45. The molecule has 1 N–H and O–H groups in total. The highest BCUT2D eigenvalue weighted by Crippen LogP contribution is 2.39. The third-order valence-electron chi connectivity index (χ3n) is 4.22. The number of aliphatic hydroxyl groups is 1. The summed E-state index contributed by atoms with van der Waals surface area (Å²) in [5.41, 5.74) is 1.59. The van der Waals surface area contributed by atoms with Gasteiger partial charge in [0.15, 0.2) is 0 Å². The van der Waals surface area contributed by atoms with E-state index < -0.39 is 17.7 Å². The van der Waals surface area contributed by atoms with Gasteiger partial charge in [-0.15, -0.1) is 0 Å². The zero-order chi connectivity index (χ0) is 17.2. The molecule has 0 amide bonds. The van der Waals surface area contributed by atoms with Crippen molar-refractivity contribution >= 4 is 11.7 Å². The summed E-state index contributed by atoms with van der Waals surface area (Å²) in [6, 6.07) is 16.7. The number of ether oxygens (including phenoxy) is 1. The number of esters is 1. The van der Waals surface area contributed by atoms with E-state index in [0.717, 1.165) is 11.1 Å². The predicted molar refractivity (Wildman–Crippen MR) is 89.6 cm³/mol. The molecule has 3 rings (SSSR count). The average Bonchev–Trinajstić information content (AvgIpc) is 3.08. The number of benzene rings is 2. The van der Waals surface area contributed by atoms with Crippen LogP contribution < -0.4 is 0 Å². The largest absolute Gasteiger partial charge is 0.466 e. The van der Waals surface area contributed by atoms with E-state index >= 15 is 0 Å². The number of methoxy groups -OCH3 is 1. The fraction of sp³-hybridized carbons (Fsp3) is 0.263. The van der Waals surface area contributed by atoms with Crippen LogP contribution in [0.15, 0.2) is 59.8 Å². The van der Waals surface area contributed by atoms with Gasteiger partial charge in [-0.2, -0.15) is 0 Å². The number of aryl methyl sites for hydroxylation is 1. The minimum absolute atomic E-state index is 0.138. The lowest BCUT2D eigenvalue weighted by molar-refractivity contribution is -0.182. The van der Waals surface area contributed by atoms with Crippen LogP contribution in [0, 0.1) is 6.92 Å². The third-order valence-corrected chi connectivity index (χ3v) is 4.22. The highest BCUT2D eigenvalue weighted by molar-refractivity contribution is 6.05. The number of rotatable bonds is 4. The van der Waals surface area contributed by atoms with Gasteiger partial charge in [0.1, 0.15) is 6.10 Å². The Morgan fingerprint density at radius 1 is 1.21 bits per heavy atom. The van der Waals surface area contributed by atoms with E-state index in [0.29, 0.717) is 11.3 Å². The Morgan fingerprint density at radius 3 is 2.50 bits per heavy atom. The van der Waals surface area contributed by atoms with Crippen LogP contribution in [-0.2, 0) is 14.4 Å². The van der Waals surface area contributed by atoms with Gasteiger partial charge in [0.05, 0.1) is 19.2 Å². The zero-order valence-electron chi connectivity index (χ0n) is 13.6. The molecule has 0 saturated carbocycles. The summed E-state index contributed by atoms with van der Waals surface area (Å²) in [4.78, 5) is 17.9. The van der Waals surface area contributed by atoms with Crippen LogP contribution in [0.1, 0.15) is 29.2 Å². The van der Waals surface area contributed by atoms with E-state index in [9.17, 15) is 9.90 Å². The van der Waals surface area contributed by atoms with E-state index in [1.54, 1.807) is 24.3 Å². The summed E-state index contributed by atoms with van der Waals surface area (Å²) in [7, 11) is 1.27. The van der Waals surface area contributed by atoms with Crippen molar-refractivity contribution in [1.29, 1.82) is 0 Å². The zero-order valence-corrected chi connectivity index (χ0v) is 13.6. The second-order valence-corrected chi connectivity index (χ2v) is 5.87. The number of carbonyl (C=O) groups excluding carboxylic acids is 1. The Morgan fingerprint density at radius 2 is 1.88 bits per heavy atom. The van der Waals surface area contributed by atoms with Crippen LogP contribution in [-0.4, -0.2) is 29.5 Å². The summed E-state index contributed by atoms with van der Waals surface area (Å²) < 4.78 is 4.89. The normalized spacial score (nSPS) is 20.9. The molecule has 0 spiro atoms. The fourth-order valence-electron chi connectivity index (χ4n) is 2.80. The van der Waals surface area contributed by atoms with Crippen molar-refractivity contribution in [2.45, 2.75) is 25.0 Å². The highest BCUT2D eigenvalue weighted by Gasteiger charge is 2.54. The van der Waals surface area contributed by atoms with Gasteiger partial charge >= 0.3 is 5.97 Å². The van der Waals surface area contributed by atoms with E-state index in [1.807, 2.05) is 37.3 Å². The molecule has 1 aliphatic rings. The maximum atomic E-state index is 12.4. The first-order valence-corrected chi connectivity index (χ1v) is 7.70. The summed E-state index contributed by atoms with van der Waals surface area (Å²) in [5.74, 6) is -0.648. The van der Waals surface area contributed by atoms with Crippen molar-refractivity contribution in [2.24, 2.45) is 5.16 Å². The van der Waals surface area contributed by atoms with Gasteiger partial charge in [-0.05, 0) is 18.1 Å². The Labute approximate surface area is 140 Å². The van der Waals surface area contributed by atoms with Gasteiger partial charge in [0.25, 0.3) is 5.60 Å². The molecule has 5 heteroatoms. The number of aliphatic hydroxyl groups excluding tert-OH is 1. The number of hydrogen-bond acceptors (Lipinski definition) is 5. The van der Waals surface area contributed by atoms with Crippen LogP contribution in [0.5, 0.6) is 0 Å². The summed E-state index contributed by atoms with van der Waals surface area (Å²) in [6.45, 7) is 1.99. The van der Waals surface area contributed by atoms with E-state index in [4.69, 9.17) is 9.57 Å². The second-order valence-electron chi connectivity index (χ2n) is 5.87. The Balaban J connectivity index is 1.93. The lowest BCUT2D eigenvalue weighted by Gasteiger charge is -2.29. The molecule has 2 aromatic carbocycles. The summed E-state index contributed by atoms with van der Waals surface area (Å²) in [5, 5.41) is 14.8. The van der Waals surface area contributed by atoms with Crippen LogP contribution >= 0.6 is 0 Å². The van der Waals surface area contributed by atoms with Crippen LogP contribution in [0.2, 0.25) is 0 Å². The molecule has 124 valence electrons. The molecular formula is C19H19NO4. The Bertz CT molecular complexity index is 755. The Kier molecular flexibility index (Phi) is 4.36. The van der Waals surface area contributed by atoms with Gasteiger partial charge < -0.3 is 14.7 Å². The SMILES string of the molecule is COC(=O)[C@@]1([C@H](O)c2ccccc2)CC(c2ccc(C)cc2)=NO1. The predicted octanol–water partition coefficient (Wildman–Crippen LogP) is 2.76. The van der Waals surface area contributed by atoms with Gasteiger partial charge in [0.2, 0.25) is 0 Å². The minimum atomic E-state index is -1.57. The first-order valence-electron chi connectivity index (χ1n) is 7.70. The standard InChI is InChI=1S/C19H19NO4/c1-13-8-10-14(11-9-13)16-12-19(24-20-16,18(22)23-2)17(21)15-6-4-3-5-7-15/h3-11,17,21H,12H2,1-2H3/t17-,19+/m1/s1. The second kappa shape index (κ2) is 6.45. The van der Waals surface area contributed by atoms with Crippen LogP contribution in [0.25, 0.3) is 0 Å². The fourth-order valence-corrected chi connectivity index (χ4v) is 2.80. The molecular weight excluding hydrogens is 306 g/mol. The summed E-state index contributed by atoms with van der Waals surface area (Å²) in [6.07, 6.45) is -1.04. The minimum Gasteiger partial charge on any atom is -0.466 e. The first-order chi connectivity index (χ1) is 11.6. The van der Waals surface area contributed by atoms with Crippen molar-refractivity contribution in [3.8, 4) is 0 Å². The van der Waals surface area contributed by atoms with Crippen molar-refractivity contribution in [3.63, 3.8) is 0 Å². The molecule has 2 atom stereocenters. The molecule has 0 unspecified atom stereocenters. The molecule has 0 radical (unpaired) electrons. The lowest BCUT2D eigenvalue weighted by atomic mass is 9.85. The Hall–Kier alpha value is -2.66. The van der Waals surface area contributed by atoms with Crippen LogP contribution in [0.4, 0.5) is 0 Å². The van der Waals surface area contributed by atoms with Crippen molar-refractivity contribution in [1.82, 2.24) is 0 Å². The number of nitrogens with zero attached hydrogens (tertiary/aromatic N) is 1. The molecule has 0 saturated heterocycles. The van der Waals surface area contributed by atoms with Gasteiger partial charge in [0, 0.05) is 0 Å². The average molecular weight is 325 g/mol. The number of oxime groups is 1. The topological polar surface area (TPSA) is 68.1 Å². The van der Waals surface area contributed by atoms with Gasteiger partial charge in [-0.25, -0.2) is 4.79 Å². The monoisotopic (exact) mass is 325 g/mol. The molecule has 1 heterocycles. The number of carbonyl (C=O) groups is 1. The highest BCUT2D eigenvalue weighted by atomic mass is 16.7. The maximum Gasteiger partial charge on any atom is 0.356 e. The molecule has 24 heavy (non-hydrogen) atoms. The molecule has 0 aromatic heterocycles. The molecule has 0 aliphatic carbocycles. The quantitative estimate of drug-likeness (QED) is 0.878. The summed E-state index contributed by atoms with van der Waals surface area (Å²) >= 11 is 0. The van der Waals surface area contributed by atoms with Gasteiger partial charge in [-0.1, -0.05) is 65.3 Å².